The van der Waals surface area contributed by atoms with E-state index in [0.717, 1.165) is 46.5 Å². The first-order chi connectivity index (χ1) is 14.2. The lowest BCUT2D eigenvalue weighted by Crippen LogP contribution is -2.44. The SMILES string of the molecule is CC(O)c1cccc(-c2cc(N3CCC[C@H]3CNC3CCC3)c3nonc3c2)c1. The molecule has 1 aliphatic carbocycles. The number of nitrogens with one attached hydrogen (secondary N) is 1. The van der Waals surface area contributed by atoms with Gasteiger partial charge in [0.05, 0.1) is 11.8 Å². The number of anilines is 1. The molecule has 1 aliphatic heterocycles. The van der Waals surface area contributed by atoms with E-state index < -0.39 is 6.10 Å². The lowest BCUT2D eigenvalue weighted by molar-refractivity contribution is 0.199. The molecule has 0 bridgehead atoms. The molecule has 1 aromatic heterocycles. The standard InChI is InChI=1S/C23H28N4O2/c1-15(28)16-5-2-6-17(11-16)18-12-21-23(26-29-25-21)22(13-18)27-10-4-9-20(27)14-24-19-7-3-8-19/h2,5-6,11-13,15,19-20,24,28H,3-4,7-10,14H2,1H3/t15?,20-/m0/s1. The van der Waals surface area contributed by atoms with Gasteiger partial charge in [-0.3, -0.25) is 0 Å². The van der Waals surface area contributed by atoms with Gasteiger partial charge in [0, 0.05) is 25.2 Å². The Hall–Kier alpha value is -2.44. The first-order valence-corrected chi connectivity index (χ1v) is 10.7. The van der Waals surface area contributed by atoms with E-state index in [1.165, 1.54) is 32.1 Å². The van der Waals surface area contributed by atoms with E-state index in [-0.39, 0.29) is 0 Å². The summed E-state index contributed by atoms with van der Waals surface area (Å²) in [6, 6.07) is 13.4. The molecule has 2 aliphatic rings. The maximum absolute atomic E-state index is 9.97. The van der Waals surface area contributed by atoms with Crippen LogP contribution in [0.1, 0.15) is 50.7 Å². The summed E-state index contributed by atoms with van der Waals surface area (Å²) in [5, 5.41) is 22.1. The van der Waals surface area contributed by atoms with E-state index in [0.29, 0.717) is 12.1 Å². The number of aromatic nitrogens is 2. The summed E-state index contributed by atoms with van der Waals surface area (Å²) < 4.78 is 5.10. The van der Waals surface area contributed by atoms with Gasteiger partial charge in [-0.15, -0.1) is 0 Å². The van der Waals surface area contributed by atoms with Crippen molar-refractivity contribution in [2.24, 2.45) is 0 Å². The topological polar surface area (TPSA) is 74.4 Å². The molecule has 1 unspecified atom stereocenters. The van der Waals surface area contributed by atoms with Crippen LogP contribution in [-0.4, -0.2) is 40.6 Å². The van der Waals surface area contributed by atoms with Crippen molar-refractivity contribution >= 4 is 16.7 Å². The van der Waals surface area contributed by atoms with E-state index in [2.05, 4.69) is 32.7 Å². The summed E-state index contributed by atoms with van der Waals surface area (Å²) >= 11 is 0. The van der Waals surface area contributed by atoms with Crippen LogP contribution >= 0.6 is 0 Å². The molecular weight excluding hydrogens is 364 g/mol. The number of aliphatic hydroxyl groups excluding tert-OH is 1. The van der Waals surface area contributed by atoms with Gasteiger partial charge < -0.3 is 15.3 Å². The monoisotopic (exact) mass is 392 g/mol. The molecule has 2 fully saturated rings. The molecule has 5 rings (SSSR count). The van der Waals surface area contributed by atoms with E-state index in [1.54, 1.807) is 6.92 Å². The molecule has 1 saturated carbocycles. The fourth-order valence-electron chi connectivity index (χ4n) is 4.52. The summed E-state index contributed by atoms with van der Waals surface area (Å²) in [4.78, 5) is 2.47. The molecule has 2 heterocycles. The fraction of sp³-hybridized carbons (Fsp3) is 0.478. The Labute approximate surface area is 170 Å². The third-order valence-corrected chi connectivity index (χ3v) is 6.48. The second-order valence-electron chi connectivity index (χ2n) is 8.45. The Kier molecular flexibility index (Phi) is 4.97. The third kappa shape index (κ3) is 3.63. The van der Waals surface area contributed by atoms with Crippen molar-refractivity contribution in [1.82, 2.24) is 15.6 Å². The van der Waals surface area contributed by atoms with E-state index in [9.17, 15) is 5.11 Å². The van der Waals surface area contributed by atoms with Crippen LogP contribution in [0, 0.1) is 0 Å². The van der Waals surface area contributed by atoms with Crippen LogP contribution in [0.5, 0.6) is 0 Å². The highest BCUT2D eigenvalue weighted by Crippen LogP contribution is 2.36. The molecule has 6 heteroatoms. The van der Waals surface area contributed by atoms with Crippen LogP contribution < -0.4 is 10.2 Å². The largest absolute Gasteiger partial charge is 0.389 e. The number of fused-ring (bicyclic) bond motifs is 1. The number of benzene rings is 2. The maximum Gasteiger partial charge on any atom is 0.158 e. The van der Waals surface area contributed by atoms with Crippen molar-refractivity contribution in [3.63, 3.8) is 0 Å². The molecular formula is C23H28N4O2. The van der Waals surface area contributed by atoms with Crippen molar-refractivity contribution < 1.29 is 9.74 Å². The van der Waals surface area contributed by atoms with Gasteiger partial charge in [0.25, 0.3) is 0 Å². The molecule has 1 saturated heterocycles. The van der Waals surface area contributed by atoms with Crippen LogP contribution in [0.3, 0.4) is 0 Å². The van der Waals surface area contributed by atoms with Crippen LogP contribution in [0.25, 0.3) is 22.2 Å². The van der Waals surface area contributed by atoms with Crippen LogP contribution in [-0.2, 0) is 0 Å². The Bertz CT molecular complexity index is 995. The lowest BCUT2D eigenvalue weighted by atomic mass is 9.93. The first-order valence-electron chi connectivity index (χ1n) is 10.7. The van der Waals surface area contributed by atoms with Crippen molar-refractivity contribution in [1.29, 1.82) is 0 Å². The van der Waals surface area contributed by atoms with Crippen molar-refractivity contribution in [2.75, 3.05) is 18.0 Å². The van der Waals surface area contributed by atoms with E-state index in [4.69, 9.17) is 4.63 Å². The fourth-order valence-corrected chi connectivity index (χ4v) is 4.52. The zero-order chi connectivity index (χ0) is 19.8. The van der Waals surface area contributed by atoms with Crippen molar-refractivity contribution in [2.45, 2.75) is 57.2 Å². The average molecular weight is 393 g/mol. The quantitative estimate of drug-likeness (QED) is 0.659. The predicted octanol–water partition coefficient (Wildman–Crippen LogP) is 4.05. The van der Waals surface area contributed by atoms with Gasteiger partial charge in [-0.1, -0.05) is 24.6 Å². The number of aliphatic hydroxyl groups is 1. The molecule has 0 spiro atoms. The predicted molar refractivity (Wildman–Crippen MR) is 114 cm³/mol. The average Bonchev–Trinajstić information content (AvgIpc) is 3.35. The Morgan fingerprint density at radius 1 is 1.14 bits per heavy atom. The first kappa shape index (κ1) is 18.6. The molecule has 3 aromatic rings. The Morgan fingerprint density at radius 3 is 2.83 bits per heavy atom. The summed E-state index contributed by atoms with van der Waals surface area (Å²) in [5.74, 6) is 0. The number of nitrogens with zero attached hydrogens (tertiary/aromatic N) is 3. The normalized spacial score (nSPS) is 20.9. The summed E-state index contributed by atoms with van der Waals surface area (Å²) in [6.45, 7) is 3.83. The highest BCUT2D eigenvalue weighted by molar-refractivity contribution is 5.93. The number of hydrogen-bond acceptors (Lipinski definition) is 6. The highest BCUT2D eigenvalue weighted by Gasteiger charge is 2.29. The van der Waals surface area contributed by atoms with Crippen LogP contribution in [0.4, 0.5) is 5.69 Å². The minimum Gasteiger partial charge on any atom is -0.389 e. The highest BCUT2D eigenvalue weighted by atomic mass is 16.6. The minimum absolute atomic E-state index is 0.467. The molecule has 152 valence electrons. The maximum atomic E-state index is 9.97. The summed E-state index contributed by atoms with van der Waals surface area (Å²) in [5.41, 5.74) is 5.75. The summed E-state index contributed by atoms with van der Waals surface area (Å²) in [7, 11) is 0. The zero-order valence-electron chi connectivity index (χ0n) is 16.8. The van der Waals surface area contributed by atoms with Gasteiger partial charge in [0.2, 0.25) is 0 Å². The molecule has 0 amide bonds. The molecule has 2 aromatic carbocycles. The third-order valence-electron chi connectivity index (χ3n) is 6.48. The lowest BCUT2D eigenvalue weighted by Gasteiger charge is -2.32. The van der Waals surface area contributed by atoms with E-state index >= 15 is 0 Å². The molecule has 2 N–H and O–H groups in total. The van der Waals surface area contributed by atoms with Crippen molar-refractivity contribution in [3.05, 3.63) is 42.0 Å². The van der Waals surface area contributed by atoms with Gasteiger partial charge >= 0.3 is 0 Å². The zero-order valence-corrected chi connectivity index (χ0v) is 16.8. The van der Waals surface area contributed by atoms with Crippen LogP contribution in [0.2, 0.25) is 0 Å². The van der Waals surface area contributed by atoms with Gasteiger partial charge in [0.1, 0.15) is 5.52 Å². The van der Waals surface area contributed by atoms with E-state index in [1.807, 2.05) is 24.3 Å². The molecule has 0 radical (unpaired) electrons. The van der Waals surface area contributed by atoms with Gasteiger partial charge in [-0.2, -0.15) is 0 Å². The van der Waals surface area contributed by atoms with Crippen molar-refractivity contribution in [3.8, 4) is 11.1 Å². The van der Waals surface area contributed by atoms with Gasteiger partial charge in [-0.25, -0.2) is 4.63 Å². The second kappa shape index (κ2) is 7.76. The van der Waals surface area contributed by atoms with Gasteiger partial charge in [-0.05, 0) is 77.8 Å². The molecule has 29 heavy (non-hydrogen) atoms. The number of hydrogen-bond donors (Lipinski definition) is 2. The Balaban J connectivity index is 1.50. The van der Waals surface area contributed by atoms with Crippen LogP contribution in [0.15, 0.2) is 41.0 Å². The van der Waals surface area contributed by atoms with Gasteiger partial charge in [0.15, 0.2) is 5.52 Å². The molecule has 2 atom stereocenters. The Morgan fingerprint density at radius 2 is 2.03 bits per heavy atom. The minimum atomic E-state index is -0.493. The smallest absolute Gasteiger partial charge is 0.158 e. The number of rotatable bonds is 6. The molecule has 6 nitrogen and oxygen atoms in total. The summed E-state index contributed by atoms with van der Waals surface area (Å²) in [6.07, 6.45) is 5.84. The second-order valence-corrected chi connectivity index (χ2v) is 8.45.